The van der Waals surface area contributed by atoms with Crippen LogP contribution in [0.5, 0.6) is 0 Å². The molecule has 0 unspecified atom stereocenters. The first-order valence-electron chi connectivity index (χ1n) is 6.79. The second kappa shape index (κ2) is 6.53. The SMILES string of the molecule is CCOP(=O)(OCC)[C@H]1N=C(c2ccccc2)O[C@@H]1C. The van der Waals surface area contributed by atoms with Crippen LogP contribution in [0.3, 0.4) is 0 Å². The van der Waals surface area contributed by atoms with Crippen molar-refractivity contribution in [2.24, 2.45) is 4.99 Å². The maximum absolute atomic E-state index is 12.8. The van der Waals surface area contributed by atoms with Gasteiger partial charge in [0.2, 0.25) is 5.90 Å². The molecule has 1 heterocycles. The Hall–Kier alpha value is -1.16. The molecule has 1 aromatic rings. The monoisotopic (exact) mass is 297 g/mol. The highest BCUT2D eigenvalue weighted by atomic mass is 31.2. The number of ether oxygens (including phenoxy) is 1. The zero-order valence-corrected chi connectivity index (χ0v) is 12.9. The summed E-state index contributed by atoms with van der Waals surface area (Å²) in [4.78, 5) is 4.43. The Morgan fingerprint density at radius 1 is 1.20 bits per heavy atom. The zero-order valence-electron chi connectivity index (χ0n) is 12.0. The maximum atomic E-state index is 12.8. The molecule has 0 fully saturated rings. The Balaban J connectivity index is 2.27. The molecule has 0 saturated heterocycles. The second-order valence-corrected chi connectivity index (χ2v) is 6.54. The fourth-order valence-corrected chi connectivity index (χ4v) is 4.01. The third kappa shape index (κ3) is 3.11. The average molecular weight is 297 g/mol. The molecular weight excluding hydrogens is 277 g/mol. The standard InChI is InChI=1S/C14H20NO4P/c1-4-17-20(16,18-5-2)14-11(3)19-13(15-14)12-9-7-6-8-10-12/h6-11,14H,4-5H2,1-3H3/t11-,14-/m1/s1. The zero-order chi connectivity index (χ0) is 14.6. The first kappa shape index (κ1) is 15.2. The normalized spacial score (nSPS) is 22.4. The molecular formula is C14H20NO4P. The van der Waals surface area contributed by atoms with Crippen LogP contribution < -0.4 is 0 Å². The lowest BCUT2D eigenvalue weighted by atomic mass is 10.2. The van der Waals surface area contributed by atoms with Crippen LogP contribution in [-0.2, 0) is 18.3 Å². The number of hydrogen-bond donors (Lipinski definition) is 0. The van der Waals surface area contributed by atoms with Gasteiger partial charge in [0, 0.05) is 5.56 Å². The Morgan fingerprint density at radius 2 is 1.80 bits per heavy atom. The third-order valence-electron chi connectivity index (χ3n) is 2.93. The van der Waals surface area contributed by atoms with Crippen LogP contribution >= 0.6 is 7.60 Å². The van der Waals surface area contributed by atoms with Crippen LogP contribution in [0, 0.1) is 0 Å². The molecule has 2 atom stereocenters. The highest BCUT2D eigenvalue weighted by Crippen LogP contribution is 2.56. The fourth-order valence-electron chi connectivity index (χ4n) is 2.09. The van der Waals surface area contributed by atoms with Gasteiger partial charge in [0.25, 0.3) is 0 Å². The van der Waals surface area contributed by atoms with Crippen molar-refractivity contribution in [3.63, 3.8) is 0 Å². The Bertz CT molecular complexity index is 507. The van der Waals surface area contributed by atoms with Gasteiger partial charge in [0.15, 0.2) is 5.78 Å². The van der Waals surface area contributed by atoms with E-state index in [9.17, 15) is 4.57 Å². The number of benzene rings is 1. The average Bonchev–Trinajstić information content (AvgIpc) is 2.83. The van der Waals surface area contributed by atoms with Gasteiger partial charge < -0.3 is 13.8 Å². The van der Waals surface area contributed by atoms with Crippen molar-refractivity contribution in [3.8, 4) is 0 Å². The Kier molecular flexibility index (Phi) is 4.97. The predicted molar refractivity (Wildman–Crippen MR) is 78.2 cm³/mol. The molecule has 0 spiro atoms. The van der Waals surface area contributed by atoms with Gasteiger partial charge in [-0.1, -0.05) is 18.2 Å². The molecule has 0 aliphatic carbocycles. The van der Waals surface area contributed by atoms with Crippen molar-refractivity contribution in [2.45, 2.75) is 32.7 Å². The van der Waals surface area contributed by atoms with Crippen molar-refractivity contribution >= 4 is 13.5 Å². The molecule has 0 amide bonds. The fraction of sp³-hybridized carbons (Fsp3) is 0.500. The summed E-state index contributed by atoms with van der Waals surface area (Å²) in [6.45, 7) is 6.03. The van der Waals surface area contributed by atoms with E-state index in [0.717, 1.165) is 5.56 Å². The summed E-state index contributed by atoms with van der Waals surface area (Å²) in [5, 5.41) is 0. The molecule has 20 heavy (non-hydrogen) atoms. The van der Waals surface area contributed by atoms with Gasteiger partial charge in [-0.3, -0.25) is 4.57 Å². The Morgan fingerprint density at radius 3 is 2.35 bits per heavy atom. The summed E-state index contributed by atoms with van der Waals surface area (Å²) in [6, 6.07) is 9.54. The van der Waals surface area contributed by atoms with E-state index in [1.807, 2.05) is 37.3 Å². The van der Waals surface area contributed by atoms with E-state index in [4.69, 9.17) is 13.8 Å². The van der Waals surface area contributed by atoms with E-state index >= 15 is 0 Å². The second-order valence-electron chi connectivity index (χ2n) is 4.41. The van der Waals surface area contributed by atoms with Crippen molar-refractivity contribution in [2.75, 3.05) is 13.2 Å². The summed E-state index contributed by atoms with van der Waals surface area (Å²) in [6.07, 6.45) is -0.339. The minimum absolute atomic E-state index is 0.316. The first-order chi connectivity index (χ1) is 9.60. The molecule has 0 radical (unpaired) electrons. The van der Waals surface area contributed by atoms with Crippen LogP contribution in [-0.4, -0.2) is 31.0 Å². The lowest BCUT2D eigenvalue weighted by molar-refractivity contribution is 0.180. The molecule has 0 aromatic heterocycles. The summed E-state index contributed by atoms with van der Waals surface area (Å²) < 4.78 is 29.2. The summed E-state index contributed by atoms with van der Waals surface area (Å²) in [7, 11) is -3.29. The Labute approximate surface area is 119 Å². The molecule has 6 heteroatoms. The van der Waals surface area contributed by atoms with E-state index in [2.05, 4.69) is 4.99 Å². The van der Waals surface area contributed by atoms with Gasteiger partial charge >= 0.3 is 7.60 Å². The predicted octanol–water partition coefficient (Wildman–Crippen LogP) is 3.44. The highest BCUT2D eigenvalue weighted by molar-refractivity contribution is 7.54. The van der Waals surface area contributed by atoms with Gasteiger partial charge in [-0.15, -0.1) is 0 Å². The van der Waals surface area contributed by atoms with Gasteiger partial charge in [0.05, 0.1) is 13.2 Å². The van der Waals surface area contributed by atoms with E-state index in [1.54, 1.807) is 13.8 Å². The third-order valence-corrected chi connectivity index (χ3v) is 5.35. The number of aliphatic imine (C=N–C) groups is 1. The maximum Gasteiger partial charge on any atom is 0.358 e. The quantitative estimate of drug-likeness (QED) is 0.755. The molecule has 110 valence electrons. The van der Waals surface area contributed by atoms with Crippen LogP contribution in [0.1, 0.15) is 26.3 Å². The number of hydrogen-bond acceptors (Lipinski definition) is 5. The molecule has 2 rings (SSSR count). The van der Waals surface area contributed by atoms with Crippen molar-refractivity contribution in [1.29, 1.82) is 0 Å². The van der Waals surface area contributed by atoms with Crippen LogP contribution in [0.25, 0.3) is 0 Å². The highest BCUT2D eigenvalue weighted by Gasteiger charge is 2.44. The topological polar surface area (TPSA) is 57.1 Å². The molecule has 0 N–H and O–H groups in total. The van der Waals surface area contributed by atoms with E-state index in [-0.39, 0.29) is 6.10 Å². The number of nitrogens with zero attached hydrogens (tertiary/aromatic N) is 1. The van der Waals surface area contributed by atoms with E-state index in [0.29, 0.717) is 19.1 Å². The molecule has 1 aliphatic rings. The number of rotatable bonds is 6. The minimum atomic E-state index is -3.29. The minimum Gasteiger partial charge on any atom is -0.471 e. The van der Waals surface area contributed by atoms with Gasteiger partial charge in [-0.05, 0) is 32.9 Å². The van der Waals surface area contributed by atoms with Crippen molar-refractivity contribution in [3.05, 3.63) is 35.9 Å². The first-order valence-corrected chi connectivity index (χ1v) is 8.40. The molecule has 0 bridgehead atoms. The molecule has 0 saturated carbocycles. The van der Waals surface area contributed by atoms with Crippen LogP contribution in [0.15, 0.2) is 35.3 Å². The lowest BCUT2D eigenvalue weighted by Gasteiger charge is -2.22. The largest absolute Gasteiger partial charge is 0.471 e. The summed E-state index contributed by atoms with van der Waals surface area (Å²) >= 11 is 0. The van der Waals surface area contributed by atoms with Crippen molar-refractivity contribution in [1.82, 2.24) is 0 Å². The van der Waals surface area contributed by atoms with Gasteiger partial charge in [-0.2, -0.15) is 0 Å². The molecule has 5 nitrogen and oxygen atoms in total. The molecule has 1 aliphatic heterocycles. The van der Waals surface area contributed by atoms with Crippen LogP contribution in [0.4, 0.5) is 0 Å². The van der Waals surface area contributed by atoms with E-state index < -0.39 is 13.4 Å². The summed E-state index contributed by atoms with van der Waals surface area (Å²) in [5.74, 6) is -0.125. The van der Waals surface area contributed by atoms with Crippen LogP contribution in [0.2, 0.25) is 0 Å². The smallest absolute Gasteiger partial charge is 0.358 e. The molecule has 1 aromatic carbocycles. The van der Waals surface area contributed by atoms with E-state index in [1.165, 1.54) is 0 Å². The van der Waals surface area contributed by atoms with Gasteiger partial charge in [0.1, 0.15) is 6.10 Å². The summed E-state index contributed by atoms with van der Waals surface area (Å²) in [5.41, 5.74) is 0.862. The van der Waals surface area contributed by atoms with Gasteiger partial charge in [-0.25, -0.2) is 4.99 Å². The lowest BCUT2D eigenvalue weighted by Crippen LogP contribution is -2.21. The van der Waals surface area contributed by atoms with Crippen molar-refractivity contribution < 1.29 is 18.3 Å².